The summed E-state index contributed by atoms with van der Waals surface area (Å²) in [6.07, 6.45) is 0.964. The number of fused-ring (bicyclic) bond motifs is 1. The van der Waals surface area contributed by atoms with E-state index in [1.165, 1.54) is 18.2 Å². The van der Waals surface area contributed by atoms with E-state index in [0.717, 1.165) is 25.3 Å². The van der Waals surface area contributed by atoms with Gasteiger partial charge in [-0.2, -0.15) is 0 Å². The topological polar surface area (TPSA) is 47.6 Å². The van der Waals surface area contributed by atoms with Crippen molar-refractivity contribution in [3.05, 3.63) is 29.3 Å². The lowest BCUT2D eigenvalue weighted by Crippen LogP contribution is -2.23. The molecule has 0 aromatic heterocycles. The van der Waals surface area contributed by atoms with E-state index in [1.807, 2.05) is 6.07 Å². The van der Waals surface area contributed by atoms with Crippen molar-refractivity contribution in [3.63, 3.8) is 0 Å². The van der Waals surface area contributed by atoms with Crippen molar-refractivity contribution in [3.8, 4) is 5.75 Å². The van der Waals surface area contributed by atoms with Crippen LogP contribution in [0.2, 0.25) is 0 Å². The predicted molar refractivity (Wildman–Crippen MR) is 66.8 cm³/mol. The van der Waals surface area contributed by atoms with Gasteiger partial charge in [0.1, 0.15) is 5.75 Å². The summed E-state index contributed by atoms with van der Waals surface area (Å²) in [4.78, 5) is 11.7. The third kappa shape index (κ3) is 1.86. The first-order valence-electron chi connectivity index (χ1n) is 6.34. The Morgan fingerprint density at radius 1 is 1.44 bits per heavy atom. The molecule has 2 atom stereocenters. The summed E-state index contributed by atoms with van der Waals surface area (Å²) in [7, 11) is 1.45. The molecule has 0 saturated carbocycles. The molecule has 0 spiro atoms. The Balaban J connectivity index is 1.87. The molecule has 1 aromatic rings. The van der Waals surface area contributed by atoms with E-state index < -0.39 is 0 Å². The molecular formula is C14H17NO3. The smallest absolute Gasteiger partial charge is 0.310 e. The molecule has 1 fully saturated rings. The zero-order chi connectivity index (χ0) is 12.5. The zero-order valence-corrected chi connectivity index (χ0v) is 10.4. The van der Waals surface area contributed by atoms with Crippen LogP contribution in [0.1, 0.15) is 17.0 Å². The SMILES string of the molecule is COC(=O)[C@H]1CNC[C@@H]1c1ccc2c(c1)CCO2. The van der Waals surface area contributed by atoms with Gasteiger partial charge in [-0.15, -0.1) is 0 Å². The lowest BCUT2D eigenvalue weighted by atomic mass is 9.88. The third-order valence-electron chi connectivity index (χ3n) is 3.86. The molecule has 2 aliphatic rings. The largest absolute Gasteiger partial charge is 0.493 e. The molecule has 0 amide bonds. The van der Waals surface area contributed by atoms with Crippen molar-refractivity contribution < 1.29 is 14.3 Å². The Hall–Kier alpha value is -1.55. The fraction of sp³-hybridized carbons (Fsp3) is 0.500. The van der Waals surface area contributed by atoms with Gasteiger partial charge >= 0.3 is 5.97 Å². The minimum atomic E-state index is -0.123. The first-order valence-corrected chi connectivity index (χ1v) is 6.34. The Bertz CT molecular complexity index is 472. The monoisotopic (exact) mass is 247 g/mol. The van der Waals surface area contributed by atoms with Gasteiger partial charge in [0.25, 0.3) is 0 Å². The second kappa shape index (κ2) is 4.61. The Labute approximate surface area is 106 Å². The fourth-order valence-corrected chi connectivity index (χ4v) is 2.87. The summed E-state index contributed by atoms with van der Waals surface area (Å²) < 4.78 is 10.4. The van der Waals surface area contributed by atoms with Crippen LogP contribution in [-0.2, 0) is 16.0 Å². The van der Waals surface area contributed by atoms with E-state index in [9.17, 15) is 4.79 Å². The maximum Gasteiger partial charge on any atom is 0.310 e. The number of hydrogen-bond donors (Lipinski definition) is 1. The molecule has 0 bridgehead atoms. The summed E-state index contributed by atoms with van der Waals surface area (Å²) >= 11 is 0. The highest BCUT2D eigenvalue weighted by molar-refractivity contribution is 5.74. The van der Waals surface area contributed by atoms with Crippen molar-refractivity contribution in [2.24, 2.45) is 5.92 Å². The van der Waals surface area contributed by atoms with Gasteiger partial charge in [0.05, 0.1) is 19.6 Å². The number of esters is 1. The van der Waals surface area contributed by atoms with Crippen molar-refractivity contribution in [1.29, 1.82) is 0 Å². The number of nitrogens with one attached hydrogen (secondary N) is 1. The van der Waals surface area contributed by atoms with Crippen LogP contribution in [-0.4, -0.2) is 32.8 Å². The van der Waals surface area contributed by atoms with Gasteiger partial charge in [-0.3, -0.25) is 4.79 Å². The number of hydrogen-bond acceptors (Lipinski definition) is 4. The second-order valence-corrected chi connectivity index (χ2v) is 4.86. The second-order valence-electron chi connectivity index (χ2n) is 4.86. The van der Waals surface area contributed by atoms with Crippen LogP contribution in [0.4, 0.5) is 0 Å². The molecular weight excluding hydrogens is 230 g/mol. The van der Waals surface area contributed by atoms with Crippen molar-refractivity contribution >= 4 is 5.97 Å². The Morgan fingerprint density at radius 3 is 3.17 bits per heavy atom. The van der Waals surface area contributed by atoms with Crippen LogP contribution in [0.15, 0.2) is 18.2 Å². The fourth-order valence-electron chi connectivity index (χ4n) is 2.87. The normalized spacial score (nSPS) is 25.6. The molecule has 0 radical (unpaired) electrons. The maximum atomic E-state index is 11.7. The minimum Gasteiger partial charge on any atom is -0.493 e. The number of rotatable bonds is 2. The van der Waals surface area contributed by atoms with E-state index in [0.29, 0.717) is 6.54 Å². The quantitative estimate of drug-likeness (QED) is 0.795. The van der Waals surface area contributed by atoms with E-state index in [1.54, 1.807) is 0 Å². The molecule has 2 aliphatic heterocycles. The highest BCUT2D eigenvalue weighted by Gasteiger charge is 2.35. The molecule has 4 heteroatoms. The van der Waals surface area contributed by atoms with Gasteiger partial charge < -0.3 is 14.8 Å². The molecule has 0 aliphatic carbocycles. The van der Waals surface area contributed by atoms with E-state index in [4.69, 9.17) is 9.47 Å². The third-order valence-corrected chi connectivity index (χ3v) is 3.86. The number of ether oxygens (including phenoxy) is 2. The molecule has 1 saturated heterocycles. The highest BCUT2D eigenvalue weighted by atomic mass is 16.5. The predicted octanol–water partition coefficient (Wildman–Crippen LogP) is 1.10. The lowest BCUT2D eigenvalue weighted by Gasteiger charge is -2.17. The number of benzene rings is 1. The molecule has 3 rings (SSSR count). The van der Waals surface area contributed by atoms with Gasteiger partial charge in [0, 0.05) is 25.4 Å². The van der Waals surface area contributed by atoms with Gasteiger partial charge in [-0.05, 0) is 17.2 Å². The van der Waals surface area contributed by atoms with Crippen molar-refractivity contribution in [2.45, 2.75) is 12.3 Å². The summed E-state index contributed by atoms with van der Waals surface area (Å²) in [6.45, 7) is 2.30. The maximum absolute atomic E-state index is 11.7. The molecule has 0 unspecified atom stereocenters. The number of carbonyl (C=O) groups excluding carboxylic acids is 1. The van der Waals surface area contributed by atoms with Crippen LogP contribution < -0.4 is 10.1 Å². The lowest BCUT2D eigenvalue weighted by molar-refractivity contribution is -0.145. The zero-order valence-electron chi connectivity index (χ0n) is 10.4. The average molecular weight is 247 g/mol. The van der Waals surface area contributed by atoms with Crippen LogP contribution in [0.3, 0.4) is 0 Å². The summed E-state index contributed by atoms with van der Waals surface area (Å²) in [5.74, 6) is 1.000. The van der Waals surface area contributed by atoms with Crippen LogP contribution in [0, 0.1) is 5.92 Å². The van der Waals surface area contributed by atoms with E-state index >= 15 is 0 Å². The molecule has 2 heterocycles. The Morgan fingerprint density at radius 2 is 2.33 bits per heavy atom. The molecule has 18 heavy (non-hydrogen) atoms. The van der Waals surface area contributed by atoms with Crippen LogP contribution in [0.25, 0.3) is 0 Å². The summed E-state index contributed by atoms with van der Waals surface area (Å²) in [5, 5.41) is 3.27. The first kappa shape index (κ1) is 11.5. The van der Waals surface area contributed by atoms with E-state index in [2.05, 4.69) is 17.4 Å². The standard InChI is InChI=1S/C14H17NO3/c1-17-14(16)12-8-15-7-11(12)9-2-3-13-10(6-9)4-5-18-13/h2-3,6,11-12,15H,4-5,7-8H2,1H3/t11-,12+/m1/s1. The van der Waals surface area contributed by atoms with Gasteiger partial charge in [-0.25, -0.2) is 0 Å². The molecule has 1 aromatic carbocycles. The summed E-state index contributed by atoms with van der Waals surface area (Å²) in [6, 6.07) is 6.26. The van der Waals surface area contributed by atoms with Crippen LogP contribution in [0.5, 0.6) is 5.75 Å². The van der Waals surface area contributed by atoms with Gasteiger partial charge in [-0.1, -0.05) is 12.1 Å². The van der Waals surface area contributed by atoms with Gasteiger partial charge in [0.2, 0.25) is 0 Å². The molecule has 4 nitrogen and oxygen atoms in total. The van der Waals surface area contributed by atoms with Crippen LogP contribution >= 0.6 is 0 Å². The highest BCUT2D eigenvalue weighted by Crippen LogP contribution is 2.33. The minimum absolute atomic E-state index is 0.0737. The first-order chi connectivity index (χ1) is 8.79. The van der Waals surface area contributed by atoms with Gasteiger partial charge in [0.15, 0.2) is 0 Å². The summed E-state index contributed by atoms with van der Waals surface area (Å²) in [5.41, 5.74) is 2.46. The Kier molecular flexibility index (Phi) is 2.96. The number of methoxy groups -OCH3 is 1. The van der Waals surface area contributed by atoms with Crippen molar-refractivity contribution in [2.75, 3.05) is 26.8 Å². The average Bonchev–Trinajstić information content (AvgIpc) is 3.05. The molecule has 96 valence electrons. The number of carbonyl (C=O) groups is 1. The van der Waals surface area contributed by atoms with Crippen molar-refractivity contribution in [1.82, 2.24) is 5.32 Å². The van der Waals surface area contributed by atoms with E-state index in [-0.39, 0.29) is 17.8 Å². The molecule has 1 N–H and O–H groups in total.